The van der Waals surface area contributed by atoms with E-state index in [4.69, 9.17) is 10.5 Å². The van der Waals surface area contributed by atoms with Gasteiger partial charge in [0.25, 0.3) is 0 Å². The number of nitrogens with two attached hydrogens (primary N) is 1. The van der Waals surface area contributed by atoms with E-state index in [1.807, 2.05) is 36.4 Å². The Kier molecular flexibility index (Phi) is 6.25. The maximum absolute atomic E-state index is 12.8. The van der Waals surface area contributed by atoms with Crippen molar-refractivity contribution in [2.24, 2.45) is 0 Å². The molecule has 0 amide bonds. The number of fused-ring (bicyclic) bond motifs is 1. The Morgan fingerprint density at radius 2 is 1.83 bits per heavy atom. The molecule has 182 valence electrons. The third-order valence-corrected chi connectivity index (χ3v) is 6.56. The minimum Gasteiger partial charge on any atom is -0.385 e. The number of hydrogen-bond donors (Lipinski definition) is 2. The zero-order valence-electron chi connectivity index (χ0n) is 19.2. The zero-order valence-corrected chi connectivity index (χ0v) is 19.2. The molecule has 2 aliphatic heterocycles. The van der Waals surface area contributed by atoms with Crippen LogP contribution in [-0.2, 0) is 11.2 Å². The van der Waals surface area contributed by atoms with Crippen molar-refractivity contribution >= 4 is 11.5 Å². The third-order valence-electron chi connectivity index (χ3n) is 6.56. The first kappa shape index (κ1) is 23.4. The van der Waals surface area contributed by atoms with Crippen molar-refractivity contribution in [3.63, 3.8) is 0 Å². The maximum atomic E-state index is 12.8. The molecule has 3 aromatic rings. The number of anilines is 1. The smallest absolute Gasteiger partial charge is 0.385 e. The molecule has 0 spiro atoms. The fraction of sp³-hybridized carbons (Fsp3) is 0.296. The van der Waals surface area contributed by atoms with Crippen LogP contribution in [0.4, 0.5) is 19.0 Å². The number of alkyl halides is 3. The Balaban J connectivity index is 1.37. The second-order valence-corrected chi connectivity index (χ2v) is 9.02. The summed E-state index contributed by atoms with van der Waals surface area (Å²) < 4.78 is 44.1. The van der Waals surface area contributed by atoms with Crippen molar-refractivity contribution < 1.29 is 17.9 Å². The first-order valence-electron chi connectivity index (χ1n) is 11.6. The Hall–Kier alpha value is -3.36. The lowest BCUT2D eigenvalue weighted by molar-refractivity contribution is -0.159. The minimum absolute atomic E-state index is 0.215. The number of nitrogens with one attached hydrogen (secondary N) is 1. The highest BCUT2D eigenvalue weighted by molar-refractivity contribution is 5.81. The molecule has 1 fully saturated rings. The van der Waals surface area contributed by atoms with Crippen LogP contribution in [0.15, 0.2) is 61.3 Å². The van der Waals surface area contributed by atoms with Gasteiger partial charge in [0.2, 0.25) is 0 Å². The van der Waals surface area contributed by atoms with E-state index >= 15 is 0 Å². The number of rotatable bonds is 4. The lowest BCUT2D eigenvalue weighted by Gasteiger charge is -2.33. The summed E-state index contributed by atoms with van der Waals surface area (Å²) in [6, 6.07) is 16.0. The lowest BCUT2D eigenvalue weighted by Crippen LogP contribution is -2.43. The summed E-state index contributed by atoms with van der Waals surface area (Å²) >= 11 is 0. The molecule has 0 saturated carbocycles. The highest BCUT2D eigenvalue weighted by Crippen LogP contribution is 2.33. The van der Waals surface area contributed by atoms with Gasteiger partial charge in [-0.15, -0.1) is 0 Å². The van der Waals surface area contributed by atoms with Crippen LogP contribution in [0.2, 0.25) is 0 Å². The van der Waals surface area contributed by atoms with Crippen LogP contribution in [0.3, 0.4) is 0 Å². The quantitative estimate of drug-likeness (QED) is 0.547. The lowest BCUT2D eigenvalue weighted by atomic mass is 9.93. The number of pyridine rings is 1. The van der Waals surface area contributed by atoms with Crippen LogP contribution in [0.5, 0.6) is 0 Å². The highest BCUT2D eigenvalue weighted by Gasteiger charge is 2.33. The Morgan fingerprint density at radius 3 is 2.60 bits per heavy atom. The molecule has 3 N–H and O–H groups in total. The summed E-state index contributed by atoms with van der Waals surface area (Å²) in [7, 11) is 0. The van der Waals surface area contributed by atoms with E-state index in [0.29, 0.717) is 5.82 Å². The van der Waals surface area contributed by atoms with E-state index in [9.17, 15) is 13.2 Å². The number of ether oxygens (including phenoxy) is 1. The number of aromatic nitrogens is 1. The standard InChI is InChI=1S/C27H27F3N4O/c1-17-23-7-6-20(12-21(23)8-9-32-17)24-13-22(14-33-26(24)31)18-2-4-19(5-3-18)25-15-34(10-11-35-25)16-27(28,29)30/h2-7,12-14,25,32H,1,8-11,15-16H2,(H2,31,33). The number of benzene rings is 2. The van der Waals surface area contributed by atoms with E-state index in [2.05, 4.69) is 29.0 Å². The largest absolute Gasteiger partial charge is 0.401 e. The number of halogens is 3. The summed E-state index contributed by atoms with van der Waals surface area (Å²) in [6.07, 6.45) is -1.95. The average molecular weight is 481 g/mol. The molecule has 0 radical (unpaired) electrons. The second kappa shape index (κ2) is 9.36. The second-order valence-electron chi connectivity index (χ2n) is 9.02. The average Bonchev–Trinajstić information content (AvgIpc) is 2.84. The van der Waals surface area contributed by atoms with Crippen molar-refractivity contribution in [3.05, 3.63) is 78.0 Å². The van der Waals surface area contributed by atoms with Gasteiger partial charge in [-0.3, -0.25) is 4.90 Å². The van der Waals surface area contributed by atoms with Crippen LogP contribution in [0.1, 0.15) is 22.8 Å². The van der Waals surface area contributed by atoms with Crippen LogP contribution in [-0.4, -0.2) is 48.8 Å². The summed E-state index contributed by atoms with van der Waals surface area (Å²) in [4.78, 5) is 5.82. The van der Waals surface area contributed by atoms with Gasteiger partial charge < -0.3 is 15.8 Å². The SMILES string of the molecule is C=C1NCCc2cc(-c3cc(-c4ccc(C5CN(CC(F)(F)F)CCO5)cc4)cnc3N)ccc21. The van der Waals surface area contributed by atoms with Gasteiger partial charge in [0.05, 0.1) is 19.3 Å². The van der Waals surface area contributed by atoms with Crippen LogP contribution in [0, 0.1) is 0 Å². The maximum Gasteiger partial charge on any atom is 0.401 e. The van der Waals surface area contributed by atoms with Crippen molar-refractivity contribution in [1.29, 1.82) is 0 Å². The number of hydrogen-bond acceptors (Lipinski definition) is 5. The molecule has 5 nitrogen and oxygen atoms in total. The normalized spacial score (nSPS) is 18.7. The van der Waals surface area contributed by atoms with E-state index in [1.165, 1.54) is 10.5 Å². The van der Waals surface area contributed by atoms with Gasteiger partial charge in [-0.2, -0.15) is 13.2 Å². The van der Waals surface area contributed by atoms with Gasteiger partial charge in [-0.1, -0.05) is 49.0 Å². The van der Waals surface area contributed by atoms with Crippen molar-refractivity contribution in [1.82, 2.24) is 15.2 Å². The minimum atomic E-state index is -4.21. The number of nitrogens with zero attached hydrogens (tertiary/aromatic N) is 2. The first-order valence-corrected chi connectivity index (χ1v) is 11.6. The fourth-order valence-electron chi connectivity index (χ4n) is 4.76. The predicted molar refractivity (Wildman–Crippen MR) is 131 cm³/mol. The molecule has 8 heteroatoms. The summed E-state index contributed by atoms with van der Waals surface area (Å²) in [5.41, 5.74) is 14.1. The van der Waals surface area contributed by atoms with Gasteiger partial charge in [0.15, 0.2) is 0 Å². The third kappa shape index (κ3) is 5.18. The molecule has 2 aliphatic rings. The van der Waals surface area contributed by atoms with Gasteiger partial charge in [-0.05, 0) is 34.7 Å². The molecule has 1 atom stereocenters. The van der Waals surface area contributed by atoms with Crippen molar-refractivity contribution in [2.45, 2.75) is 18.7 Å². The van der Waals surface area contributed by atoms with Crippen LogP contribution < -0.4 is 11.1 Å². The number of morpholine rings is 1. The van der Waals surface area contributed by atoms with Gasteiger partial charge in [0.1, 0.15) is 5.82 Å². The van der Waals surface area contributed by atoms with Crippen LogP contribution >= 0.6 is 0 Å². The van der Waals surface area contributed by atoms with Gasteiger partial charge >= 0.3 is 6.18 Å². The molecule has 2 aromatic carbocycles. The molecule has 35 heavy (non-hydrogen) atoms. The summed E-state index contributed by atoms with van der Waals surface area (Å²) in [6.45, 7) is 4.79. The summed E-state index contributed by atoms with van der Waals surface area (Å²) in [5, 5.41) is 3.29. The summed E-state index contributed by atoms with van der Waals surface area (Å²) in [5.74, 6) is 0.457. The Bertz CT molecular complexity index is 1240. The molecule has 0 aliphatic carbocycles. The highest BCUT2D eigenvalue weighted by atomic mass is 19.4. The Labute approximate surface area is 202 Å². The molecular formula is C27H27F3N4O. The fourth-order valence-corrected chi connectivity index (χ4v) is 4.76. The molecule has 1 aromatic heterocycles. The van der Waals surface area contributed by atoms with Crippen LogP contribution in [0.25, 0.3) is 28.0 Å². The van der Waals surface area contributed by atoms with Crippen molar-refractivity contribution in [3.8, 4) is 22.3 Å². The zero-order chi connectivity index (χ0) is 24.6. The van der Waals surface area contributed by atoms with E-state index in [1.54, 1.807) is 6.20 Å². The molecule has 0 bridgehead atoms. The molecule has 1 saturated heterocycles. The predicted octanol–water partition coefficient (Wildman–Crippen LogP) is 5.05. The van der Waals surface area contributed by atoms with Gasteiger partial charge in [0, 0.05) is 48.2 Å². The number of nitrogen functional groups attached to an aromatic ring is 1. The van der Waals surface area contributed by atoms with E-state index in [-0.39, 0.29) is 25.8 Å². The topological polar surface area (TPSA) is 63.4 Å². The first-order chi connectivity index (χ1) is 16.8. The molecular weight excluding hydrogens is 453 g/mol. The molecule has 1 unspecified atom stereocenters. The molecule has 5 rings (SSSR count). The monoisotopic (exact) mass is 480 g/mol. The Morgan fingerprint density at radius 1 is 1.06 bits per heavy atom. The van der Waals surface area contributed by atoms with Crippen molar-refractivity contribution in [2.75, 3.05) is 38.5 Å². The molecule has 3 heterocycles. The van der Waals surface area contributed by atoms with Gasteiger partial charge in [-0.25, -0.2) is 4.98 Å². The van der Waals surface area contributed by atoms with E-state index < -0.39 is 12.7 Å². The van der Waals surface area contributed by atoms with E-state index in [0.717, 1.165) is 52.0 Å².